The quantitative estimate of drug-likeness (QED) is 0.721. The molecule has 1 aromatic carbocycles. The van der Waals surface area contributed by atoms with Crippen molar-refractivity contribution >= 4 is 0 Å². The molecular formula is C12H16N2. The summed E-state index contributed by atoms with van der Waals surface area (Å²) < 4.78 is 0. The van der Waals surface area contributed by atoms with Gasteiger partial charge in [-0.2, -0.15) is 0 Å². The molecule has 1 fully saturated rings. The first-order valence-electron chi connectivity index (χ1n) is 5.48. The second-order valence-electron chi connectivity index (χ2n) is 4.29. The van der Waals surface area contributed by atoms with Gasteiger partial charge in [0.15, 0.2) is 0 Å². The molecule has 2 nitrogen and oxygen atoms in total. The van der Waals surface area contributed by atoms with Gasteiger partial charge in [-0.1, -0.05) is 24.3 Å². The van der Waals surface area contributed by atoms with Crippen molar-refractivity contribution in [3.05, 3.63) is 35.4 Å². The monoisotopic (exact) mass is 188 g/mol. The van der Waals surface area contributed by atoms with Crippen LogP contribution in [0.2, 0.25) is 0 Å². The molecule has 0 amide bonds. The third kappa shape index (κ3) is 1.35. The van der Waals surface area contributed by atoms with E-state index in [0.717, 1.165) is 13.1 Å². The molecule has 1 atom stereocenters. The summed E-state index contributed by atoms with van der Waals surface area (Å²) in [5, 5.41) is 3.56. The van der Waals surface area contributed by atoms with E-state index < -0.39 is 0 Å². The molecule has 2 heterocycles. The number of rotatable bonds is 1. The standard InChI is InChI=1S/C12H16N2/c1-2-5-11-9-14(8-10(11)4-1)12-6-3-7-13-12/h1-2,4-5,12-13H,3,6-9H2. The average Bonchev–Trinajstić information content (AvgIpc) is 2.86. The number of nitrogens with zero attached hydrogens (tertiary/aromatic N) is 1. The molecule has 2 aliphatic rings. The number of benzene rings is 1. The molecule has 14 heavy (non-hydrogen) atoms. The maximum Gasteiger partial charge on any atom is 0.0603 e. The molecule has 1 saturated heterocycles. The third-order valence-electron chi connectivity index (χ3n) is 3.34. The molecular weight excluding hydrogens is 172 g/mol. The Morgan fingerprint density at radius 2 is 1.86 bits per heavy atom. The normalized spacial score (nSPS) is 26.7. The SMILES string of the molecule is c1ccc2c(c1)CN(C1CCCN1)C2. The highest BCUT2D eigenvalue weighted by Gasteiger charge is 2.26. The minimum Gasteiger partial charge on any atom is -0.302 e. The lowest BCUT2D eigenvalue weighted by Gasteiger charge is -2.22. The molecule has 0 aliphatic carbocycles. The smallest absolute Gasteiger partial charge is 0.0603 e. The van der Waals surface area contributed by atoms with E-state index in [9.17, 15) is 0 Å². The highest BCUT2D eigenvalue weighted by Crippen LogP contribution is 2.25. The Labute approximate surface area is 84.9 Å². The van der Waals surface area contributed by atoms with Gasteiger partial charge in [-0.15, -0.1) is 0 Å². The average molecular weight is 188 g/mol. The van der Waals surface area contributed by atoms with Crippen molar-refractivity contribution in [3.63, 3.8) is 0 Å². The molecule has 3 rings (SSSR count). The summed E-state index contributed by atoms with van der Waals surface area (Å²) in [4.78, 5) is 2.55. The summed E-state index contributed by atoms with van der Waals surface area (Å²) in [7, 11) is 0. The van der Waals surface area contributed by atoms with Crippen molar-refractivity contribution < 1.29 is 0 Å². The predicted molar refractivity (Wildman–Crippen MR) is 56.7 cm³/mol. The van der Waals surface area contributed by atoms with Gasteiger partial charge in [0.05, 0.1) is 6.17 Å². The van der Waals surface area contributed by atoms with E-state index in [0.29, 0.717) is 6.17 Å². The third-order valence-corrected chi connectivity index (χ3v) is 3.34. The van der Waals surface area contributed by atoms with Crippen molar-refractivity contribution in [2.24, 2.45) is 0 Å². The molecule has 0 aromatic heterocycles. The van der Waals surface area contributed by atoms with Gasteiger partial charge >= 0.3 is 0 Å². The Balaban J connectivity index is 1.77. The number of hydrogen-bond acceptors (Lipinski definition) is 2. The van der Waals surface area contributed by atoms with Gasteiger partial charge in [0.2, 0.25) is 0 Å². The molecule has 0 radical (unpaired) electrons. The predicted octanol–water partition coefficient (Wildman–Crippen LogP) is 1.71. The van der Waals surface area contributed by atoms with Crippen LogP contribution in [0.1, 0.15) is 24.0 Å². The lowest BCUT2D eigenvalue weighted by Crippen LogP contribution is -2.38. The molecule has 1 N–H and O–H groups in total. The van der Waals surface area contributed by atoms with Gasteiger partial charge in [0, 0.05) is 13.1 Å². The van der Waals surface area contributed by atoms with Gasteiger partial charge in [-0.3, -0.25) is 4.90 Å². The first kappa shape index (κ1) is 8.45. The van der Waals surface area contributed by atoms with Gasteiger partial charge in [0.25, 0.3) is 0 Å². The minimum atomic E-state index is 0.627. The number of fused-ring (bicyclic) bond motifs is 1. The lowest BCUT2D eigenvalue weighted by molar-refractivity contribution is 0.184. The van der Waals surface area contributed by atoms with Crippen LogP contribution < -0.4 is 5.32 Å². The summed E-state index contributed by atoms with van der Waals surface area (Å²) in [6.45, 7) is 3.46. The van der Waals surface area contributed by atoms with Crippen LogP contribution in [0, 0.1) is 0 Å². The second kappa shape index (κ2) is 3.37. The van der Waals surface area contributed by atoms with Crippen LogP contribution in [-0.4, -0.2) is 17.6 Å². The van der Waals surface area contributed by atoms with E-state index in [1.807, 2.05) is 0 Å². The van der Waals surface area contributed by atoms with E-state index in [2.05, 4.69) is 34.5 Å². The van der Waals surface area contributed by atoms with E-state index in [1.54, 1.807) is 0 Å². The Hall–Kier alpha value is -0.860. The molecule has 74 valence electrons. The highest BCUT2D eigenvalue weighted by molar-refractivity contribution is 5.30. The van der Waals surface area contributed by atoms with E-state index in [-0.39, 0.29) is 0 Å². The fourth-order valence-corrected chi connectivity index (χ4v) is 2.56. The van der Waals surface area contributed by atoms with Crippen molar-refractivity contribution in [2.45, 2.75) is 32.1 Å². The van der Waals surface area contributed by atoms with Crippen LogP contribution in [0.5, 0.6) is 0 Å². The van der Waals surface area contributed by atoms with E-state index in [1.165, 1.54) is 30.5 Å². The summed E-state index contributed by atoms with van der Waals surface area (Å²) >= 11 is 0. The Kier molecular flexibility index (Phi) is 2.03. The number of hydrogen-bond donors (Lipinski definition) is 1. The van der Waals surface area contributed by atoms with Crippen molar-refractivity contribution in [2.75, 3.05) is 6.54 Å². The largest absolute Gasteiger partial charge is 0.302 e. The zero-order valence-corrected chi connectivity index (χ0v) is 8.37. The van der Waals surface area contributed by atoms with Crippen LogP contribution in [0.3, 0.4) is 0 Å². The molecule has 1 unspecified atom stereocenters. The fraction of sp³-hybridized carbons (Fsp3) is 0.500. The van der Waals surface area contributed by atoms with Crippen LogP contribution in [0.15, 0.2) is 24.3 Å². The molecule has 0 saturated carbocycles. The number of nitrogens with one attached hydrogen (secondary N) is 1. The first-order valence-corrected chi connectivity index (χ1v) is 5.48. The maximum absolute atomic E-state index is 3.56. The molecule has 2 heteroatoms. The van der Waals surface area contributed by atoms with Crippen molar-refractivity contribution in [1.82, 2.24) is 10.2 Å². The molecule has 0 bridgehead atoms. The Bertz CT molecular complexity index is 304. The van der Waals surface area contributed by atoms with Gasteiger partial charge in [-0.25, -0.2) is 0 Å². The van der Waals surface area contributed by atoms with E-state index >= 15 is 0 Å². The van der Waals surface area contributed by atoms with Crippen molar-refractivity contribution in [3.8, 4) is 0 Å². The maximum atomic E-state index is 3.56. The minimum absolute atomic E-state index is 0.627. The Morgan fingerprint density at radius 3 is 2.43 bits per heavy atom. The molecule has 0 spiro atoms. The van der Waals surface area contributed by atoms with Gasteiger partial charge < -0.3 is 5.32 Å². The summed E-state index contributed by atoms with van der Waals surface area (Å²) in [6.07, 6.45) is 3.27. The fourth-order valence-electron chi connectivity index (χ4n) is 2.56. The van der Waals surface area contributed by atoms with E-state index in [4.69, 9.17) is 0 Å². The highest BCUT2D eigenvalue weighted by atomic mass is 15.3. The van der Waals surface area contributed by atoms with Crippen LogP contribution in [0.25, 0.3) is 0 Å². The van der Waals surface area contributed by atoms with Gasteiger partial charge in [0.1, 0.15) is 0 Å². The van der Waals surface area contributed by atoms with Crippen LogP contribution in [0.4, 0.5) is 0 Å². The Morgan fingerprint density at radius 1 is 1.14 bits per heavy atom. The molecule has 1 aromatic rings. The lowest BCUT2D eigenvalue weighted by atomic mass is 10.1. The molecule has 2 aliphatic heterocycles. The summed E-state index contributed by atoms with van der Waals surface area (Å²) in [6, 6.07) is 8.80. The zero-order valence-electron chi connectivity index (χ0n) is 8.37. The zero-order chi connectivity index (χ0) is 9.38. The second-order valence-corrected chi connectivity index (χ2v) is 4.29. The van der Waals surface area contributed by atoms with Crippen molar-refractivity contribution in [1.29, 1.82) is 0 Å². The topological polar surface area (TPSA) is 15.3 Å². The summed E-state index contributed by atoms with van der Waals surface area (Å²) in [5.41, 5.74) is 3.03. The summed E-state index contributed by atoms with van der Waals surface area (Å²) in [5.74, 6) is 0. The van der Waals surface area contributed by atoms with Gasteiger partial charge in [-0.05, 0) is 30.5 Å². The van der Waals surface area contributed by atoms with Crippen LogP contribution >= 0.6 is 0 Å². The van der Waals surface area contributed by atoms with Crippen LogP contribution in [-0.2, 0) is 13.1 Å². The first-order chi connectivity index (χ1) is 6.93.